The average molecular weight is 404 g/mol. The van der Waals surface area contributed by atoms with E-state index in [4.69, 9.17) is 4.74 Å². The van der Waals surface area contributed by atoms with E-state index in [2.05, 4.69) is 13.8 Å². The predicted octanol–water partition coefficient (Wildman–Crippen LogP) is 5.67. The van der Waals surface area contributed by atoms with Crippen molar-refractivity contribution in [3.63, 3.8) is 0 Å². The lowest BCUT2D eigenvalue weighted by molar-refractivity contribution is -0.249. The molecule has 0 aromatic carbocycles. The molecule has 0 aromatic rings. The number of piperidine rings is 2. The van der Waals surface area contributed by atoms with E-state index in [9.17, 15) is 9.90 Å². The van der Waals surface area contributed by atoms with E-state index >= 15 is 0 Å². The molecule has 4 atom stereocenters. The zero-order valence-corrected chi connectivity index (χ0v) is 19.2. The number of hydrogen-bond donors (Lipinski definition) is 1. The first-order valence-corrected chi connectivity index (χ1v) is 12.1. The molecule has 6 aliphatic rings. The van der Waals surface area contributed by atoms with Gasteiger partial charge in [-0.2, -0.15) is 0 Å². The fourth-order valence-electron chi connectivity index (χ4n) is 9.44. The molecule has 0 spiro atoms. The van der Waals surface area contributed by atoms with Crippen molar-refractivity contribution in [1.29, 1.82) is 0 Å². The second kappa shape index (κ2) is 5.93. The molecule has 6 bridgehead atoms. The average Bonchev–Trinajstić information content (AvgIpc) is 2.48. The van der Waals surface area contributed by atoms with Crippen LogP contribution in [0.2, 0.25) is 0 Å². The number of amides is 1. The van der Waals surface area contributed by atoms with Crippen LogP contribution in [0.3, 0.4) is 0 Å². The zero-order valence-electron chi connectivity index (χ0n) is 19.2. The molecule has 4 aliphatic carbocycles. The monoisotopic (exact) mass is 403 g/mol. The van der Waals surface area contributed by atoms with Crippen molar-refractivity contribution in [3.05, 3.63) is 0 Å². The van der Waals surface area contributed by atoms with Gasteiger partial charge in [0.15, 0.2) is 0 Å². The van der Waals surface area contributed by atoms with Gasteiger partial charge in [0.05, 0.1) is 5.60 Å². The Morgan fingerprint density at radius 1 is 0.931 bits per heavy atom. The highest BCUT2D eigenvalue weighted by Gasteiger charge is 2.68. The summed E-state index contributed by atoms with van der Waals surface area (Å²) in [6.07, 6.45) is 12.2. The highest BCUT2D eigenvalue weighted by molar-refractivity contribution is 5.69. The lowest BCUT2D eigenvalue weighted by Gasteiger charge is -2.70. The van der Waals surface area contributed by atoms with Crippen LogP contribution in [0.5, 0.6) is 0 Å². The van der Waals surface area contributed by atoms with E-state index in [1.54, 1.807) is 0 Å². The number of rotatable bonds is 1. The molecule has 4 unspecified atom stereocenters. The molecule has 4 nitrogen and oxygen atoms in total. The number of hydrogen-bond acceptors (Lipinski definition) is 3. The molecule has 1 N–H and O–H groups in total. The van der Waals surface area contributed by atoms with Crippen LogP contribution < -0.4 is 0 Å². The molecule has 0 aromatic heterocycles. The number of nitrogens with zero attached hydrogens (tertiary/aromatic N) is 1. The molecule has 6 fully saturated rings. The summed E-state index contributed by atoms with van der Waals surface area (Å²) in [5.41, 5.74) is -0.224. The summed E-state index contributed by atoms with van der Waals surface area (Å²) >= 11 is 0. The Labute approximate surface area is 176 Å². The highest BCUT2D eigenvalue weighted by Crippen LogP contribution is 2.73. The lowest BCUT2D eigenvalue weighted by atomic mass is 9.36. The third-order valence-electron chi connectivity index (χ3n) is 9.23. The van der Waals surface area contributed by atoms with E-state index in [0.717, 1.165) is 38.0 Å². The Bertz CT molecular complexity index is 677. The van der Waals surface area contributed by atoms with Crippen LogP contribution in [-0.2, 0) is 4.74 Å². The normalized spacial score (nSPS) is 51.2. The number of carbonyl (C=O) groups is 1. The third-order valence-corrected chi connectivity index (χ3v) is 9.23. The molecular formula is C25H41NO3. The van der Waals surface area contributed by atoms with Crippen molar-refractivity contribution >= 4 is 6.09 Å². The Hall–Kier alpha value is -0.770. The van der Waals surface area contributed by atoms with Crippen LogP contribution in [0, 0.1) is 22.2 Å². The molecule has 6 rings (SSSR count). The van der Waals surface area contributed by atoms with Crippen LogP contribution in [-0.4, -0.2) is 39.4 Å². The largest absolute Gasteiger partial charge is 0.444 e. The summed E-state index contributed by atoms with van der Waals surface area (Å²) in [5.74, 6) is 0.786. The molecule has 2 heterocycles. The quantitative estimate of drug-likeness (QED) is 0.614. The number of carbonyl (C=O) groups excluding carboxylic acids is 1. The second-order valence-electron chi connectivity index (χ2n) is 13.5. The van der Waals surface area contributed by atoms with E-state index in [-0.39, 0.29) is 23.6 Å². The highest BCUT2D eigenvalue weighted by atomic mass is 16.6. The molecule has 164 valence electrons. The molecular weight excluding hydrogens is 362 g/mol. The summed E-state index contributed by atoms with van der Waals surface area (Å²) in [4.78, 5) is 15.0. The maximum atomic E-state index is 13.0. The van der Waals surface area contributed by atoms with Crippen LogP contribution in [0.4, 0.5) is 4.79 Å². The van der Waals surface area contributed by atoms with Crippen LogP contribution in [0.1, 0.15) is 105 Å². The molecule has 4 heteroatoms. The van der Waals surface area contributed by atoms with Gasteiger partial charge >= 0.3 is 6.09 Å². The van der Waals surface area contributed by atoms with Crippen molar-refractivity contribution in [2.45, 2.75) is 129 Å². The Balaban J connectivity index is 1.44. The van der Waals surface area contributed by atoms with Gasteiger partial charge in [-0.05, 0) is 108 Å². The SMILES string of the molecule is CC12CC3CC(C)(C1)CC(C1(O)CC4CCCC(C1)N4C(=O)OC(C)(C)C)(C3)C2. The van der Waals surface area contributed by atoms with E-state index in [0.29, 0.717) is 10.8 Å². The number of ether oxygens (including phenoxy) is 1. The van der Waals surface area contributed by atoms with Gasteiger partial charge in [-0.1, -0.05) is 13.8 Å². The first kappa shape index (κ1) is 20.2. The summed E-state index contributed by atoms with van der Waals surface area (Å²) in [7, 11) is 0. The fraction of sp³-hybridized carbons (Fsp3) is 0.960. The fourth-order valence-corrected chi connectivity index (χ4v) is 9.44. The van der Waals surface area contributed by atoms with Crippen molar-refractivity contribution in [2.75, 3.05) is 0 Å². The first-order chi connectivity index (χ1) is 13.3. The van der Waals surface area contributed by atoms with Crippen LogP contribution >= 0.6 is 0 Å². The first-order valence-electron chi connectivity index (χ1n) is 12.1. The van der Waals surface area contributed by atoms with Gasteiger partial charge in [-0.3, -0.25) is 0 Å². The predicted molar refractivity (Wildman–Crippen MR) is 114 cm³/mol. The maximum absolute atomic E-state index is 13.0. The Morgan fingerprint density at radius 3 is 1.97 bits per heavy atom. The maximum Gasteiger partial charge on any atom is 0.410 e. The standard InChI is InChI=1S/C25H41NO3/c1-21(2,3)29-20(27)26-18-7-6-8-19(26)13-25(28,12-18)24-11-17-9-22(4,15-24)14-23(5,10-17)16-24/h17-19,28H,6-16H2,1-5H3. The molecule has 1 amide bonds. The van der Waals surface area contributed by atoms with Crippen LogP contribution in [0.25, 0.3) is 0 Å². The summed E-state index contributed by atoms with van der Waals surface area (Å²) in [6.45, 7) is 10.8. The smallest absolute Gasteiger partial charge is 0.410 e. The third kappa shape index (κ3) is 3.15. The van der Waals surface area contributed by atoms with Crippen molar-refractivity contribution in [3.8, 4) is 0 Å². The lowest BCUT2D eigenvalue weighted by Crippen LogP contribution is -2.69. The van der Waals surface area contributed by atoms with Gasteiger partial charge in [-0.25, -0.2) is 4.79 Å². The van der Waals surface area contributed by atoms with E-state index in [1.807, 2.05) is 25.7 Å². The molecule has 2 aliphatic heterocycles. The second-order valence-corrected chi connectivity index (χ2v) is 13.5. The van der Waals surface area contributed by atoms with Gasteiger partial charge in [-0.15, -0.1) is 0 Å². The van der Waals surface area contributed by atoms with Gasteiger partial charge in [0.25, 0.3) is 0 Å². The van der Waals surface area contributed by atoms with Gasteiger partial charge < -0.3 is 14.7 Å². The minimum absolute atomic E-state index is 0.0593. The molecule has 29 heavy (non-hydrogen) atoms. The van der Waals surface area contributed by atoms with Gasteiger partial charge in [0.1, 0.15) is 5.60 Å². The molecule has 2 saturated heterocycles. The number of aliphatic hydroxyl groups is 1. The van der Waals surface area contributed by atoms with Crippen LogP contribution in [0.15, 0.2) is 0 Å². The summed E-state index contributed by atoms with van der Waals surface area (Å²) < 4.78 is 5.77. The topological polar surface area (TPSA) is 49.8 Å². The number of fused-ring (bicyclic) bond motifs is 2. The minimum Gasteiger partial charge on any atom is -0.444 e. The van der Waals surface area contributed by atoms with E-state index in [1.165, 1.54) is 38.5 Å². The Morgan fingerprint density at radius 2 is 1.48 bits per heavy atom. The van der Waals surface area contributed by atoms with Gasteiger partial charge in [0, 0.05) is 17.5 Å². The zero-order chi connectivity index (χ0) is 20.9. The molecule has 0 radical (unpaired) electrons. The van der Waals surface area contributed by atoms with Crippen molar-refractivity contribution in [2.24, 2.45) is 22.2 Å². The Kier molecular flexibility index (Phi) is 4.12. The minimum atomic E-state index is -0.622. The van der Waals surface area contributed by atoms with Gasteiger partial charge in [0.2, 0.25) is 0 Å². The van der Waals surface area contributed by atoms with Crippen molar-refractivity contribution in [1.82, 2.24) is 4.90 Å². The summed E-state index contributed by atoms with van der Waals surface area (Å²) in [5, 5.41) is 12.3. The molecule has 4 saturated carbocycles. The summed E-state index contributed by atoms with van der Waals surface area (Å²) in [6, 6.07) is 0.270. The van der Waals surface area contributed by atoms with E-state index < -0.39 is 11.2 Å². The van der Waals surface area contributed by atoms with Crippen molar-refractivity contribution < 1.29 is 14.6 Å².